The van der Waals surface area contributed by atoms with E-state index in [2.05, 4.69) is 48.6 Å². The Balaban J connectivity index is 1.52. The lowest BCUT2D eigenvalue weighted by molar-refractivity contribution is -0.119. The number of amides is 1. The molecule has 1 amide bonds. The number of aromatic nitrogens is 2. The number of ether oxygens (including phenoxy) is 3. The van der Waals surface area contributed by atoms with Crippen LogP contribution in [0.4, 0.5) is 0 Å². The highest BCUT2D eigenvalue weighted by atomic mass is 16.7. The lowest BCUT2D eigenvalue weighted by Gasteiger charge is -2.30. The van der Waals surface area contributed by atoms with Crippen molar-refractivity contribution in [1.29, 1.82) is 0 Å². The van der Waals surface area contributed by atoms with Gasteiger partial charge < -0.3 is 24.1 Å². The van der Waals surface area contributed by atoms with Crippen molar-refractivity contribution in [3.8, 4) is 5.75 Å². The van der Waals surface area contributed by atoms with E-state index < -0.39 is 17.5 Å². The number of hydrogen-bond acceptors (Lipinski definition) is 5. The van der Waals surface area contributed by atoms with Gasteiger partial charge in [-0.1, -0.05) is 0 Å². The molecule has 30 heavy (non-hydrogen) atoms. The fraction of sp³-hybridized carbons (Fsp3) is 0.652. The molecule has 1 saturated carbocycles. The number of imidazole rings is 1. The summed E-state index contributed by atoms with van der Waals surface area (Å²) in [6.45, 7) is 10.9. The van der Waals surface area contributed by atoms with Crippen LogP contribution >= 0.6 is 0 Å². The summed E-state index contributed by atoms with van der Waals surface area (Å²) in [7, 11) is 0. The number of nitrogens with one attached hydrogen (secondary N) is 1. The largest absolute Gasteiger partial charge is 0.488 e. The van der Waals surface area contributed by atoms with Gasteiger partial charge in [0.1, 0.15) is 17.4 Å². The Labute approximate surface area is 177 Å². The summed E-state index contributed by atoms with van der Waals surface area (Å²) in [5, 5.41) is 2.91. The fourth-order valence-electron chi connectivity index (χ4n) is 4.24. The first kappa shape index (κ1) is 19.8. The number of benzene rings is 1. The molecule has 2 aliphatic heterocycles. The van der Waals surface area contributed by atoms with Crippen LogP contribution in [0.15, 0.2) is 18.5 Å². The molecule has 2 atom stereocenters. The van der Waals surface area contributed by atoms with Crippen molar-refractivity contribution in [2.75, 3.05) is 6.54 Å². The van der Waals surface area contributed by atoms with Crippen molar-refractivity contribution < 1.29 is 19.0 Å². The summed E-state index contributed by atoms with van der Waals surface area (Å²) in [5.41, 5.74) is 1.98. The predicted octanol–water partition coefficient (Wildman–Crippen LogP) is 3.88. The summed E-state index contributed by atoms with van der Waals surface area (Å²) in [5.74, 6) is 1.04. The molecule has 1 aromatic heterocycles. The van der Waals surface area contributed by atoms with Gasteiger partial charge in [-0.25, -0.2) is 4.98 Å². The Hall–Kier alpha value is -2.12. The first-order valence-corrected chi connectivity index (χ1v) is 10.9. The summed E-state index contributed by atoms with van der Waals surface area (Å²) in [6, 6.07) is 4.57. The average Bonchev–Trinajstić information content (AvgIpc) is 3.18. The van der Waals surface area contributed by atoms with Crippen molar-refractivity contribution >= 4 is 16.9 Å². The van der Waals surface area contributed by atoms with Crippen LogP contribution in [0.2, 0.25) is 0 Å². The minimum absolute atomic E-state index is 0.0922. The maximum Gasteiger partial charge on any atom is 0.220 e. The average molecular weight is 414 g/mol. The monoisotopic (exact) mass is 413 g/mol. The molecular weight excluding hydrogens is 382 g/mol. The topological polar surface area (TPSA) is 74.6 Å². The second kappa shape index (κ2) is 6.69. The van der Waals surface area contributed by atoms with E-state index in [4.69, 9.17) is 14.2 Å². The molecule has 2 saturated heterocycles. The lowest BCUT2D eigenvalue weighted by Crippen LogP contribution is -2.41. The van der Waals surface area contributed by atoms with Crippen LogP contribution in [0, 0.1) is 5.92 Å². The van der Waals surface area contributed by atoms with E-state index in [0.29, 0.717) is 19.0 Å². The minimum atomic E-state index is -0.474. The van der Waals surface area contributed by atoms with Gasteiger partial charge in [-0.15, -0.1) is 0 Å². The molecule has 1 aliphatic carbocycles. The van der Waals surface area contributed by atoms with Gasteiger partial charge in [0.25, 0.3) is 0 Å². The molecular formula is C23H31N3O4. The molecule has 0 spiro atoms. The van der Waals surface area contributed by atoms with Crippen molar-refractivity contribution in [2.45, 2.75) is 83.5 Å². The van der Waals surface area contributed by atoms with Crippen molar-refractivity contribution in [1.82, 2.24) is 14.9 Å². The van der Waals surface area contributed by atoms with Crippen molar-refractivity contribution in [2.24, 2.45) is 5.92 Å². The highest BCUT2D eigenvalue weighted by Crippen LogP contribution is 2.47. The Morgan fingerprint density at radius 2 is 1.90 bits per heavy atom. The van der Waals surface area contributed by atoms with Gasteiger partial charge in [-0.05, 0) is 59.6 Å². The smallest absolute Gasteiger partial charge is 0.220 e. The first-order valence-electron chi connectivity index (χ1n) is 10.9. The summed E-state index contributed by atoms with van der Waals surface area (Å²) in [6.07, 6.45) is 4.18. The molecule has 7 heteroatoms. The quantitative estimate of drug-likeness (QED) is 0.805. The van der Waals surface area contributed by atoms with E-state index in [0.717, 1.165) is 22.3 Å². The van der Waals surface area contributed by atoms with Gasteiger partial charge >= 0.3 is 0 Å². The first-order chi connectivity index (χ1) is 14.1. The van der Waals surface area contributed by atoms with Gasteiger partial charge in [-0.3, -0.25) is 4.79 Å². The number of rotatable bonds is 5. The zero-order valence-corrected chi connectivity index (χ0v) is 18.4. The molecule has 0 radical (unpaired) electrons. The van der Waals surface area contributed by atoms with Crippen LogP contribution < -0.4 is 10.1 Å². The molecule has 1 N–H and O–H groups in total. The second-order valence-corrected chi connectivity index (χ2v) is 9.95. The molecule has 5 rings (SSSR count). The lowest BCUT2D eigenvalue weighted by atomic mass is 9.90. The maximum atomic E-state index is 11.7. The molecule has 3 heterocycles. The predicted molar refractivity (Wildman–Crippen MR) is 112 cm³/mol. The highest BCUT2D eigenvalue weighted by Gasteiger charge is 2.49. The van der Waals surface area contributed by atoms with Crippen LogP contribution in [-0.2, 0) is 14.3 Å². The molecule has 3 fully saturated rings. The summed E-state index contributed by atoms with van der Waals surface area (Å²) < 4.78 is 21.2. The molecule has 0 bridgehead atoms. The van der Waals surface area contributed by atoms with Gasteiger partial charge in [0.05, 0.1) is 23.0 Å². The molecule has 2 aromatic rings. The number of fused-ring (bicyclic) bond motifs is 1. The van der Waals surface area contributed by atoms with E-state index in [9.17, 15) is 4.79 Å². The highest BCUT2D eigenvalue weighted by molar-refractivity contribution is 5.83. The molecule has 162 valence electrons. The molecule has 7 nitrogen and oxygen atoms in total. The fourth-order valence-corrected chi connectivity index (χ4v) is 4.24. The summed E-state index contributed by atoms with van der Waals surface area (Å²) >= 11 is 0. The van der Waals surface area contributed by atoms with Crippen LogP contribution in [0.25, 0.3) is 11.0 Å². The third-order valence-corrected chi connectivity index (χ3v) is 7.11. The number of carbonyl (C=O) groups excluding carboxylic acids is 1. The zero-order valence-electron chi connectivity index (χ0n) is 18.4. The SMILES string of the molecule is C[C@@H](Oc1cc(C2OC(C)(C)C(C)(C)O2)cc2ncn(C3CC3)c12)C1CNC(=O)C1. The standard InChI is InChI=1S/C23H31N3O4/c1-13(15-10-19(27)24-11-15)28-18-9-14(21-29-22(2,3)23(4,5)30-21)8-17-20(18)26(12-25-17)16-6-7-16/h8-9,12-13,15-16,21H,6-7,10-11H2,1-5H3,(H,24,27)/t13-,15?/m1/s1. The van der Waals surface area contributed by atoms with E-state index >= 15 is 0 Å². The third-order valence-electron chi connectivity index (χ3n) is 7.11. The van der Waals surface area contributed by atoms with Crippen LogP contribution in [0.3, 0.4) is 0 Å². The Kier molecular flexibility index (Phi) is 4.42. The van der Waals surface area contributed by atoms with Gasteiger partial charge in [-0.2, -0.15) is 0 Å². The van der Waals surface area contributed by atoms with Crippen LogP contribution in [-0.4, -0.2) is 39.3 Å². The molecule has 1 aromatic carbocycles. The van der Waals surface area contributed by atoms with Crippen molar-refractivity contribution in [3.05, 3.63) is 24.0 Å². The second-order valence-electron chi connectivity index (χ2n) is 9.95. The Bertz CT molecular complexity index is 976. The van der Waals surface area contributed by atoms with Crippen molar-refractivity contribution in [3.63, 3.8) is 0 Å². The van der Waals surface area contributed by atoms with Gasteiger partial charge in [0.15, 0.2) is 6.29 Å². The third kappa shape index (κ3) is 3.28. The van der Waals surface area contributed by atoms with E-state index in [1.54, 1.807) is 0 Å². The van der Waals surface area contributed by atoms with Crippen LogP contribution in [0.1, 0.15) is 71.8 Å². The normalized spacial score (nSPS) is 26.8. The van der Waals surface area contributed by atoms with Crippen LogP contribution in [0.5, 0.6) is 5.75 Å². The Morgan fingerprint density at radius 3 is 2.50 bits per heavy atom. The van der Waals surface area contributed by atoms with Gasteiger partial charge in [0, 0.05) is 30.5 Å². The van der Waals surface area contributed by atoms with E-state index in [1.807, 2.05) is 19.3 Å². The zero-order chi connectivity index (χ0) is 21.3. The number of hydrogen-bond donors (Lipinski definition) is 1. The number of carbonyl (C=O) groups is 1. The summed E-state index contributed by atoms with van der Waals surface area (Å²) in [4.78, 5) is 16.3. The van der Waals surface area contributed by atoms with E-state index in [-0.39, 0.29) is 17.9 Å². The van der Waals surface area contributed by atoms with E-state index in [1.165, 1.54) is 12.8 Å². The molecule has 3 aliphatic rings. The Morgan fingerprint density at radius 1 is 1.20 bits per heavy atom. The van der Waals surface area contributed by atoms with Gasteiger partial charge in [0.2, 0.25) is 5.91 Å². The molecule has 1 unspecified atom stereocenters. The minimum Gasteiger partial charge on any atom is -0.488 e. The maximum absolute atomic E-state index is 11.7. The number of nitrogens with zero attached hydrogens (tertiary/aromatic N) is 2.